The van der Waals surface area contributed by atoms with Crippen LogP contribution >= 0.6 is 11.6 Å². The molecular formula is C12H8ClNO. The standard InChI is InChI=1S/C12H8ClNO/c1-7-6-9-11(15-7)8-4-2-3-5-10(8)14-12(9)13/h2-6H,1H3. The molecule has 0 saturated heterocycles. The molecule has 0 aliphatic heterocycles. The highest BCUT2D eigenvalue weighted by atomic mass is 35.5. The first-order valence-corrected chi connectivity index (χ1v) is 5.08. The number of rotatable bonds is 0. The summed E-state index contributed by atoms with van der Waals surface area (Å²) < 4.78 is 5.64. The molecule has 0 amide bonds. The Morgan fingerprint density at radius 3 is 2.87 bits per heavy atom. The number of hydrogen-bond donors (Lipinski definition) is 0. The molecule has 0 N–H and O–H groups in total. The van der Waals surface area contributed by atoms with Crippen molar-refractivity contribution in [1.29, 1.82) is 0 Å². The third-order valence-corrected chi connectivity index (χ3v) is 2.73. The molecule has 0 atom stereocenters. The smallest absolute Gasteiger partial charge is 0.146 e. The third-order valence-electron chi connectivity index (χ3n) is 2.44. The maximum absolute atomic E-state index is 6.08. The van der Waals surface area contributed by atoms with Crippen LogP contribution in [0.3, 0.4) is 0 Å². The Morgan fingerprint density at radius 1 is 1.20 bits per heavy atom. The second-order valence-electron chi connectivity index (χ2n) is 3.52. The quantitative estimate of drug-likeness (QED) is 0.533. The van der Waals surface area contributed by atoms with Crippen LogP contribution in [-0.2, 0) is 0 Å². The number of para-hydroxylation sites is 1. The minimum atomic E-state index is 0.501. The number of aryl methyl sites for hydroxylation is 1. The van der Waals surface area contributed by atoms with Gasteiger partial charge >= 0.3 is 0 Å². The number of nitrogens with zero attached hydrogens (tertiary/aromatic N) is 1. The van der Waals surface area contributed by atoms with Crippen LogP contribution in [0, 0.1) is 6.92 Å². The number of hydrogen-bond acceptors (Lipinski definition) is 2. The molecule has 74 valence electrons. The Labute approximate surface area is 91.5 Å². The van der Waals surface area contributed by atoms with E-state index in [-0.39, 0.29) is 0 Å². The molecule has 3 rings (SSSR count). The van der Waals surface area contributed by atoms with Crippen molar-refractivity contribution in [1.82, 2.24) is 4.98 Å². The van der Waals surface area contributed by atoms with Crippen LogP contribution in [0.15, 0.2) is 34.7 Å². The van der Waals surface area contributed by atoms with Crippen LogP contribution in [0.1, 0.15) is 5.76 Å². The van der Waals surface area contributed by atoms with Crippen LogP contribution in [-0.4, -0.2) is 4.98 Å². The molecule has 0 bridgehead atoms. The molecule has 0 unspecified atom stereocenters. The summed E-state index contributed by atoms with van der Waals surface area (Å²) in [4.78, 5) is 4.32. The van der Waals surface area contributed by atoms with Crippen molar-refractivity contribution in [3.63, 3.8) is 0 Å². The predicted molar refractivity (Wildman–Crippen MR) is 61.3 cm³/mol. The molecule has 0 aliphatic rings. The largest absolute Gasteiger partial charge is 0.461 e. The number of furan rings is 1. The zero-order valence-corrected chi connectivity index (χ0v) is 8.88. The molecule has 3 aromatic rings. The summed E-state index contributed by atoms with van der Waals surface area (Å²) in [6.07, 6.45) is 0. The molecule has 1 aromatic carbocycles. The Bertz CT molecular complexity index is 657. The number of fused-ring (bicyclic) bond motifs is 3. The van der Waals surface area contributed by atoms with E-state index in [0.717, 1.165) is 27.6 Å². The zero-order valence-electron chi connectivity index (χ0n) is 8.12. The van der Waals surface area contributed by atoms with Gasteiger partial charge in [0.15, 0.2) is 0 Å². The van der Waals surface area contributed by atoms with Gasteiger partial charge in [-0.25, -0.2) is 4.98 Å². The number of aromatic nitrogens is 1. The van der Waals surface area contributed by atoms with Gasteiger partial charge < -0.3 is 4.42 Å². The molecule has 2 nitrogen and oxygen atoms in total. The minimum absolute atomic E-state index is 0.501. The van der Waals surface area contributed by atoms with Gasteiger partial charge in [0.05, 0.1) is 10.9 Å². The lowest BCUT2D eigenvalue weighted by molar-refractivity contribution is 0.581. The lowest BCUT2D eigenvalue weighted by Crippen LogP contribution is -1.80. The Morgan fingerprint density at radius 2 is 2.00 bits per heavy atom. The van der Waals surface area contributed by atoms with Crippen molar-refractivity contribution in [3.8, 4) is 0 Å². The van der Waals surface area contributed by atoms with Crippen LogP contribution in [0.5, 0.6) is 0 Å². The highest BCUT2D eigenvalue weighted by Gasteiger charge is 2.10. The van der Waals surface area contributed by atoms with E-state index < -0.39 is 0 Å². The van der Waals surface area contributed by atoms with Gasteiger partial charge in [-0.15, -0.1) is 0 Å². The summed E-state index contributed by atoms with van der Waals surface area (Å²) in [7, 11) is 0. The monoisotopic (exact) mass is 217 g/mol. The summed E-state index contributed by atoms with van der Waals surface area (Å²) >= 11 is 6.08. The highest BCUT2D eigenvalue weighted by molar-refractivity contribution is 6.35. The van der Waals surface area contributed by atoms with Crippen molar-refractivity contribution < 1.29 is 4.42 Å². The van der Waals surface area contributed by atoms with E-state index in [0.29, 0.717) is 5.15 Å². The van der Waals surface area contributed by atoms with Gasteiger partial charge in [0.1, 0.15) is 16.5 Å². The highest BCUT2D eigenvalue weighted by Crippen LogP contribution is 2.31. The van der Waals surface area contributed by atoms with E-state index in [4.69, 9.17) is 16.0 Å². The normalized spacial score (nSPS) is 11.3. The molecule has 0 aliphatic carbocycles. The molecule has 3 heteroatoms. The van der Waals surface area contributed by atoms with Crippen LogP contribution in [0.2, 0.25) is 5.15 Å². The molecule has 0 saturated carbocycles. The first kappa shape index (κ1) is 8.74. The van der Waals surface area contributed by atoms with E-state index in [9.17, 15) is 0 Å². The second-order valence-corrected chi connectivity index (χ2v) is 3.88. The molecule has 0 spiro atoms. The van der Waals surface area contributed by atoms with E-state index >= 15 is 0 Å². The fraction of sp³-hybridized carbons (Fsp3) is 0.0833. The minimum Gasteiger partial charge on any atom is -0.461 e. The molecule has 2 aromatic heterocycles. The third kappa shape index (κ3) is 1.22. The second kappa shape index (κ2) is 2.97. The van der Waals surface area contributed by atoms with Gasteiger partial charge in [-0.3, -0.25) is 0 Å². The first-order valence-electron chi connectivity index (χ1n) is 4.70. The van der Waals surface area contributed by atoms with Gasteiger partial charge in [-0.1, -0.05) is 23.7 Å². The number of pyridine rings is 1. The molecule has 0 radical (unpaired) electrons. The molecule has 0 fully saturated rings. The predicted octanol–water partition coefficient (Wildman–Crippen LogP) is 3.94. The summed E-state index contributed by atoms with van der Waals surface area (Å²) in [5.41, 5.74) is 1.69. The summed E-state index contributed by atoms with van der Waals surface area (Å²) in [6.45, 7) is 1.91. The average molecular weight is 218 g/mol. The average Bonchev–Trinajstić information content (AvgIpc) is 2.61. The SMILES string of the molecule is Cc1cc2c(Cl)nc3ccccc3c2o1. The van der Waals surface area contributed by atoms with Crippen molar-refractivity contribution in [2.24, 2.45) is 0 Å². The summed E-state index contributed by atoms with van der Waals surface area (Å²) in [5, 5.41) is 2.39. The Hall–Kier alpha value is -1.54. The van der Waals surface area contributed by atoms with Gasteiger partial charge in [0.2, 0.25) is 0 Å². The summed E-state index contributed by atoms with van der Waals surface area (Å²) in [5.74, 6) is 0.852. The van der Waals surface area contributed by atoms with Crippen LogP contribution in [0.4, 0.5) is 0 Å². The first-order chi connectivity index (χ1) is 7.25. The topological polar surface area (TPSA) is 26.0 Å². The maximum Gasteiger partial charge on any atom is 0.146 e. The van der Waals surface area contributed by atoms with E-state index in [1.165, 1.54) is 0 Å². The summed E-state index contributed by atoms with van der Waals surface area (Å²) in [6, 6.07) is 9.74. The fourth-order valence-corrected chi connectivity index (χ4v) is 2.03. The van der Waals surface area contributed by atoms with Crippen LogP contribution < -0.4 is 0 Å². The lowest BCUT2D eigenvalue weighted by Gasteiger charge is -1.98. The lowest BCUT2D eigenvalue weighted by atomic mass is 10.2. The van der Waals surface area contributed by atoms with Gasteiger partial charge in [0.25, 0.3) is 0 Å². The fourth-order valence-electron chi connectivity index (χ4n) is 1.80. The van der Waals surface area contributed by atoms with Crippen molar-refractivity contribution in [3.05, 3.63) is 41.2 Å². The van der Waals surface area contributed by atoms with E-state index in [1.807, 2.05) is 37.3 Å². The molecular weight excluding hydrogens is 210 g/mol. The van der Waals surface area contributed by atoms with Crippen molar-refractivity contribution >= 4 is 33.5 Å². The Balaban J connectivity index is 2.63. The van der Waals surface area contributed by atoms with Gasteiger partial charge in [-0.05, 0) is 25.1 Å². The van der Waals surface area contributed by atoms with E-state index in [2.05, 4.69) is 4.98 Å². The van der Waals surface area contributed by atoms with E-state index in [1.54, 1.807) is 0 Å². The van der Waals surface area contributed by atoms with Crippen molar-refractivity contribution in [2.75, 3.05) is 0 Å². The number of halogens is 1. The maximum atomic E-state index is 6.08. The van der Waals surface area contributed by atoms with Crippen molar-refractivity contribution in [2.45, 2.75) is 6.92 Å². The Kier molecular flexibility index (Phi) is 1.73. The number of benzene rings is 1. The van der Waals surface area contributed by atoms with Gasteiger partial charge in [-0.2, -0.15) is 0 Å². The molecule has 15 heavy (non-hydrogen) atoms. The zero-order chi connectivity index (χ0) is 10.4. The van der Waals surface area contributed by atoms with Crippen LogP contribution in [0.25, 0.3) is 21.9 Å². The molecule has 2 heterocycles. The van der Waals surface area contributed by atoms with Gasteiger partial charge in [0, 0.05) is 5.39 Å².